The molecule has 0 aromatic carbocycles. The van der Waals surface area contributed by atoms with Crippen molar-refractivity contribution in [1.29, 1.82) is 0 Å². The van der Waals surface area contributed by atoms with Crippen molar-refractivity contribution in [3.8, 4) is 0 Å². The van der Waals surface area contributed by atoms with Gasteiger partial charge in [-0.3, -0.25) is 14.9 Å². The molecule has 2 aromatic rings. The van der Waals surface area contributed by atoms with Gasteiger partial charge in [0.05, 0.1) is 18.3 Å². The van der Waals surface area contributed by atoms with Crippen molar-refractivity contribution in [1.82, 2.24) is 25.1 Å². The largest absolute Gasteiger partial charge is 0.386 e. The Bertz CT molecular complexity index is 792. The maximum Gasteiger partial charge on any atom is 0.274 e. The molecule has 3 heterocycles. The molecule has 26 heavy (non-hydrogen) atoms. The fraction of sp³-hybridized carbons (Fsp3) is 0.556. The molecule has 1 atom stereocenters. The van der Waals surface area contributed by atoms with E-state index in [2.05, 4.69) is 20.2 Å². The SMILES string of the molecule is CN(C[C@@]1(O)CCCN(c2cnccn2)C1)C(=O)c1n[nH]c2c1CCC2. The molecular weight excluding hydrogens is 332 g/mol. The molecule has 1 aliphatic carbocycles. The van der Waals surface area contributed by atoms with E-state index < -0.39 is 5.60 Å². The van der Waals surface area contributed by atoms with Crippen LogP contribution in [0.25, 0.3) is 0 Å². The number of piperidine rings is 1. The predicted molar refractivity (Wildman–Crippen MR) is 96.0 cm³/mol. The Morgan fingerprint density at radius 1 is 1.38 bits per heavy atom. The number of anilines is 1. The highest BCUT2D eigenvalue weighted by Gasteiger charge is 2.37. The van der Waals surface area contributed by atoms with Crippen molar-refractivity contribution in [3.63, 3.8) is 0 Å². The van der Waals surface area contributed by atoms with E-state index in [0.29, 0.717) is 18.7 Å². The van der Waals surface area contributed by atoms with Crippen LogP contribution in [0.4, 0.5) is 5.82 Å². The minimum atomic E-state index is -0.973. The zero-order chi connectivity index (χ0) is 18.1. The maximum atomic E-state index is 12.8. The Kier molecular flexibility index (Phi) is 4.36. The van der Waals surface area contributed by atoms with E-state index in [0.717, 1.165) is 49.3 Å². The molecule has 2 aliphatic rings. The average molecular weight is 356 g/mol. The Morgan fingerprint density at radius 2 is 2.27 bits per heavy atom. The molecule has 0 radical (unpaired) electrons. The lowest BCUT2D eigenvalue weighted by Crippen LogP contribution is -2.55. The van der Waals surface area contributed by atoms with Crippen LogP contribution in [-0.2, 0) is 12.8 Å². The van der Waals surface area contributed by atoms with Crippen molar-refractivity contribution in [2.75, 3.05) is 31.6 Å². The Labute approximate surface area is 152 Å². The first kappa shape index (κ1) is 17.0. The Morgan fingerprint density at radius 3 is 3.08 bits per heavy atom. The molecule has 138 valence electrons. The normalized spacial score (nSPS) is 22.3. The number of carbonyl (C=O) groups excluding carboxylic acids is 1. The van der Waals surface area contributed by atoms with Gasteiger partial charge in [-0.2, -0.15) is 5.10 Å². The molecule has 1 aliphatic heterocycles. The fourth-order valence-corrected chi connectivity index (χ4v) is 4.08. The first-order valence-corrected chi connectivity index (χ1v) is 9.11. The van der Waals surface area contributed by atoms with E-state index >= 15 is 0 Å². The summed E-state index contributed by atoms with van der Waals surface area (Å²) in [6.45, 7) is 1.53. The second-order valence-electron chi connectivity index (χ2n) is 7.36. The third-order valence-corrected chi connectivity index (χ3v) is 5.32. The third-order valence-electron chi connectivity index (χ3n) is 5.32. The number of fused-ring (bicyclic) bond motifs is 1. The van der Waals surface area contributed by atoms with Gasteiger partial charge in [0.15, 0.2) is 5.69 Å². The number of aromatic nitrogens is 4. The van der Waals surface area contributed by atoms with Crippen LogP contribution in [0.1, 0.15) is 41.0 Å². The monoisotopic (exact) mass is 356 g/mol. The lowest BCUT2D eigenvalue weighted by Gasteiger charge is -2.41. The van der Waals surface area contributed by atoms with E-state index in [4.69, 9.17) is 0 Å². The number of nitrogens with zero attached hydrogens (tertiary/aromatic N) is 5. The van der Waals surface area contributed by atoms with Crippen molar-refractivity contribution < 1.29 is 9.90 Å². The number of hydrogen-bond donors (Lipinski definition) is 2. The molecule has 0 saturated carbocycles. The summed E-state index contributed by atoms with van der Waals surface area (Å²) in [5.74, 6) is 0.624. The molecule has 0 unspecified atom stereocenters. The van der Waals surface area contributed by atoms with Gasteiger partial charge in [-0.25, -0.2) is 4.98 Å². The summed E-state index contributed by atoms with van der Waals surface area (Å²) >= 11 is 0. The molecule has 0 bridgehead atoms. The number of aliphatic hydroxyl groups is 1. The van der Waals surface area contributed by atoms with Crippen LogP contribution in [0.15, 0.2) is 18.6 Å². The molecule has 8 nitrogen and oxygen atoms in total. The summed E-state index contributed by atoms with van der Waals surface area (Å²) in [7, 11) is 1.73. The molecule has 1 fully saturated rings. The van der Waals surface area contributed by atoms with Gasteiger partial charge in [0, 0.05) is 43.8 Å². The Balaban J connectivity index is 1.45. The highest BCUT2D eigenvalue weighted by atomic mass is 16.3. The van der Waals surface area contributed by atoms with Crippen LogP contribution in [0.2, 0.25) is 0 Å². The maximum absolute atomic E-state index is 12.8. The van der Waals surface area contributed by atoms with Crippen LogP contribution in [0.3, 0.4) is 0 Å². The molecule has 1 amide bonds. The molecule has 2 N–H and O–H groups in total. The van der Waals surface area contributed by atoms with Gasteiger partial charge < -0.3 is 14.9 Å². The number of hydrogen-bond acceptors (Lipinski definition) is 6. The smallest absolute Gasteiger partial charge is 0.274 e. The van der Waals surface area contributed by atoms with Gasteiger partial charge in [-0.15, -0.1) is 0 Å². The lowest BCUT2D eigenvalue weighted by molar-refractivity contribution is -0.000320. The summed E-state index contributed by atoms with van der Waals surface area (Å²) in [5, 5.41) is 18.3. The van der Waals surface area contributed by atoms with Crippen LogP contribution in [0.5, 0.6) is 0 Å². The summed E-state index contributed by atoms with van der Waals surface area (Å²) in [6, 6.07) is 0. The van der Waals surface area contributed by atoms with E-state index in [-0.39, 0.29) is 12.5 Å². The van der Waals surface area contributed by atoms with Crippen LogP contribution in [-0.4, -0.2) is 68.4 Å². The van der Waals surface area contributed by atoms with Crippen molar-refractivity contribution in [2.24, 2.45) is 0 Å². The summed E-state index contributed by atoms with van der Waals surface area (Å²) in [4.78, 5) is 24.9. The van der Waals surface area contributed by atoms with Gasteiger partial charge in [-0.1, -0.05) is 0 Å². The number of β-amino-alcohol motifs (C(OH)–C–C–N with tert-alkyl or cyclic N) is 1. The Hall–Kier alpha value is -2.48. The first-order valence-electron chi connectivity index (χ1n) is 9.11. The fourth-order valence-electron chi connectivity index (χ4n) is 4.08. The van der Waals surface area contributed by atoms with E-state index in [1.54, 1.807) is 30.5 Å². The third kappa shape index (κ3) is 3.16. The number of nitrogens with one attached hydrogen (secondary N) is 1. The quantitative estimate of drug-likeness (QED) is 0.841. The topological polar surface area (TPSA) is 98.2 Å². The summed E-state index contributed by atoms with van der Waals surface area (Å²) in [5.41, 5.74) is 1.65. The predicted octanol–water partition coefficient (Wildman–Crippen LogP) is 0.792. The number of carbonyl (C=O) groups is 1. The van der Waals surface area contributed by atoms with E-state index in [9.17, 15) is 9.90 Å². The van der Waals surface area contributed by atoms with Crippen LogP contribution < -0.4 is 4.90 Å². The van der Waals surface area contributed by atoms with Gasteiger partial charge >= 0.3 is 0 Å². The van der Waals surface area contributed by atoms with Gasteiger partial charge in [0.2, 0.25) is 0 Å². The lowest BCUT2D eigenvalue weighted by atomic mass is 9.92. The van der Waals surface area contributed by atoms with E-state index in [1.807, 2.05) is 4.90 Å². The molecule has 4 rings (SSSR count). The number of likely N-dealkylation sites (N-methyl/N-ethyl adjacent to an activating group) is 1. The minimum Gasteiger partial charge on any atom is -0.386 e. The van der Waals surface area contributed by atoms with Crippen molar-refractivity contribution >= 4 is 11.7 Å². The number of amides is 1. The first-order chi connectivity index (χ1) is 12.6. The van der Waals surface area contributed by atoms with E-state index in [1.165, 1.54) is 0 Å². The van der Waals surface area contributed by atoms with Gasteiger partial charge in [0.25, 0.3) is 5.91 Å². The number of aryl methyl sites for hydroxylation is 1. The van der Waals surface area contributed by atoms with Gasteiger partial charge in [0.1, 0.15) is 5.82 Å². The van der Waals surface area contributed by atoms with Crippen LogP contribution in [0, 0.1) is 0 Å². The molecule has 8 heteroatoms. The highest BCUT2D eigenvalue weighted by Crippen LogP contribution is 2.27. The number of aromatic amines is 1. The second-order valence-corrected chi connectivity index (χ2v) is 7.36. The molecule has 2 aromatic heterocycles. The number of rotatable bonds is 4. The standard InChI is InChI=1S/C18H24N6O2/c1-23(17(25)16-13-4-2-5-14(13)21-22-16)11-18(26)6-3-9-24(12-18)15-10-19-7-8-20-15/h7-8,10,26H,2-6,9,11-12H2,1H3,(H,21,22)/t18-/m0/s1. The summed E-state index contributed by atoms with van der Waals surface area (Å²) < 4.78 is 0. The second kappa shape index (κ2) is 6.68. The molecule has 0 spiro atoms. The zero-order valence-electron chi connectivity index (χ0n) is 15.0. The van der Waals surface area contributed by atoms with Gasteiger partial charge in [-0.05, 0) is 32.1 Å². The summed E-state index contributed by atoms with van der Waals surface area (Å²) in [6.07, 6.45) is 9.39. The zero-order valence-corrected chi connectivity index (χ0v) is 15.0. The number of H-pyrrole nitrogens is 1. The minimum absolute atomic E-state index is 0.130. The average Bonchev–Trinajstić information content (AvgIpc) is 3.25. The highest BCUT2D eigenvalue weighted by molar-refractivity contribution is 5.94. The molecular formula is C18H24N6O2. The van der Waals surface area contributed by atoms with Crippen molar-refractivity contribution in [2.45, 2.75) is 37.7 Å². The molecule has 1 saturated heterocycles. The van der Waals surface area contributed by atoms with Crippen LogP contribution >= 0.6 is 0 Å². The van der Waals surface area contributed by atoms with Crippen molar-refractivity contribution in [3.05, 3.63) is 35.5 Å².